The van der Waals surface area contributed by atoms with Crippen LogP contribution in [-0.4, -0.2) is 13.4 Å². The number of benzene rings is 14. The van der Waals surface area contributed by atoms with Crippen LogP contribution >= 0.6 is 0 Å². The molecule has 4 aliphatic heterocycles. The summed E-state index contributed by atoms with van der Waals surface area (Å²) >= 11 is 0. The number of ether oxygens (including phenoxy) is 1. The Morgan fingerprint density at radius 3 is 0.973 bits per heavy atom. The molecule has 0 radical (unpaired) electrons. The summed E-state index contributed by atoms with van der Waals surface area (Å²) in [6, 6.07) is 116. The molecule has 14 aromatic rings. The van der Waals surface area contributed by atoms with E-state index in [1.807, 2.05) is 0 Å². The monoisotopic (exact) mass is 1420 g/mol. The van der Waals surface area contributed by atoms with Crippen LogP contribution in [0.5, 0.6) is 11.5 Å². The van der Waals surface area contributed by atoms with Crippen molar-refractivity contribution in [1.82, 2.24) is 0 Å². The Bertz CT molecular complexity index is 5820. The Balaban J connectivity index is 1.02. The van der Waals surface area contributed by atoms with Gasteiger partial charge in [-0.2, -0.15) is 0 Å². The highest BCUT2D eigenvalue weighted by molar-refractivity contribution is 7.02. The van der Waals surface area contributed by atoms with Gasteiger partial charge in [0.05, 0.1) is 11.4 Å². The summed E-state index contributed by atoms with van der Waals surface area (Å²) in [5, 5.41) is 0. The zero-order chi connectivity index (χ0) is 76.1. The average Bonchev–Trinajstić information content (AvgIpc) is 0.681. The molecule has 0 aliphatic carbocycles. The molecule has 14 aromatic carbocycles. The van der Waals surface area contributed by atoms with Crippen molar-refractivity contribution in [3.63, 3.8) is 0 Å². The minimum atomic E-state index is -0.265. The van der Waals surface area contributed by atoms with Crippen molar-refractivity contribution in [2.24, 2.45) is 0 Å². The highest BCUT2D eigenvalue weighted by atomic mass is 16.5. The fourth-order valence-electron chi connectivity index (χ4n) is 17.7. The van der Waals surface area contributed by atoms with Crippen molar-refractivity contribution in [3.05, 3.63) is 331 Å². The maximum atomic E-state index is 7.72. The van der Waals surface area contributed by atoms with E-state index in [1.165, 1.54) is 55.4 Å². The molecule has 4 aliphatic rings. The van der Waals surface area contributed by atoms with E-state index in [0.29, 0.717) is 0 Å². The quantitative estimate of drug-likeness (QED) is 0.134. The molecule has 0 saturated heterocycles. The van der Waals surface area contributed by atoms with Crippen LogP contribution in [0.3, 0.4) is 0 Å². The maximum absolute atomic E-state index is 7.72. The lowest BCUT2D eigenvalue weighted by atomic mass is 9.30. The molecule has 0 spiro atoms. The van der Waals surface area contributed by atoms with Crippen LogP contribution < -0.4 is 52.2 Å². The lowest BCUT2D eigenvalue weighted by Gasteiger charge is -2.47. The molecule has 18 rings (SSSR count). The molecule has 0 amide bonds. The van der Waals surface area contributed by atoms with Crippen LogP contribution in [0.1, 0.15) is 132 Å². The lowest BCUT2D eigenvalue weighted by molar-refractivity contribution is 0.483. The van der Waals surface area contributed by atoms with E-state index in [2.05, 4.69) is 422 Å². The Morgan fingerprint density at radius 1 is 0.218 bits per heavy atom. The first-order valence-electron chi connectivity index (χ1n) is 39.4. The minimum absolute atomic E-state index is 0.0299. The first kappa shape index (κ1) is 70.1. The Labute approximate surface area is 652 Å². The van der Waals surface area contributed by atoms with Crippen LogP contribution in [0.4, 0.5) is 51.2 Å². The second kappa shape index (κ2) is 26.1. The predicted molar refractivity (Wildman–Crippen MR) is 472 cm³/mol. The number of para-hydroxylation sites is 2. The minimum Gasteiger partial charge on any atom is -0.458 e. The van der Waals surface area contributed by atoms with Gasteiger partial charge in [-0.15, -0.1) is 0 Å². The summed E-state index contributed by atoms with van der Waals surface area (Å²) in [4.78, 5) is 8.04. The Morgan fingerprint density at radius 2 is 0.555 bits per heavy atom. The normalized spacial score (nSPS) is 13.6. The van der Waals surface area contributed by atoms with Gasteiger partial charge in [-0.3, -0.25) is 0 Å². The molecule has 538 valence electrons. The molecular formula is C104H95B2N3O. The van der Waals surface area contributed by atoms with E-state index in [9.17, 15) is 0 Å². The standard InChI is InChI=1S/C104H95B2N3O/c1-100(2,3)74-46-42-66(43-47-74)72-58-91-96-92(59-72)108(98-80(68-30-20-16-21-31-68)38-28-39-81(98)69-32-22-17-23-33-69)88-62-77(103(10,11)12)52-56-84(88)105(96)86-64-87-90(65-89(86)107(91)79-54-50-76(51-55-79)102(7,8)9)109(99-82(70-34-24-18-25-35-70)40-29-41-83(99)71-36-26-19-27-37-71)93-60-73(67-44-48-75(49-45-67)101(4,5)6)61-95-97(93)106(87)85-57-53-78(104(13,14)15)63-94(85)110-95/h16-65H,1-15H3. The topological polar surface area (TPSA) is 19.0 Å². The van der Waals surface area contributed by atoms with Gasteiger partial charge in [0.2, 0.25) is 0 Å². The van der Waals surface area contributed by atoms with Gasteiger partial charge in [0.25, 0.3) is 13.4 Å². The zero-order valence-electron chi connectivity index (χ0n) is 66.3. The molecule has 6 heteroatoms. The number of anilines is 9. The molecular weight excluding hydrogens is 1330 g/mol. The second-order valence-corrected chi connectivity index (χ2v) is 36.1. The van der Waals surface area contributed by atoms with Gasteiger partial charge < -0.3 is 19.4 Å². The third-order valence-corrected chi connectivity index (χ3v) is 23.7. The Hall–Kier alpha value is -11.6. The average molecular weight is 1420 g/mol. The Kier molecular flexibility index (Phi) is 16.6. The van der Waals surface area contributed by atoms with Crippen LogP contribution in [0.2, 0.25) is 0 Å². The van der Waals surface area contributed by atoms with Gasteiger partial charge in [0, 0.05) is 62.1 Å². The largest absolute Gasteiger partial charge is 0.458 e. The number of hydrogen-bond acceptors (Lipinski definition) is 4. The molecule has 4 heterocycles. The van der Waals surface area contributed by atoms with Gasteiger partial charge in [0.15, 0.2) is 0 Å². The molecule has 0 atom stereocenters. The first-order valence-corrected chi connectivity index (χ1v) is 39.4. The van der Waals surface area contributed by atoms with Crippen LogP contribution in [-0.2, 0) is 27.1 Å². The van der Waals surface area contributed by atoms with Crippen molar-refractivity contribution < 1.29 is 4.74 Å². The van der Waals surface area contributed by atoms with Crippen molar-refractivity contribution in [2.75, 3.05) is 14.7 Å². The van der Waals surface area contributed by atoms with Gasteiger partial charge in [-0.05, 0) is 187 Å². The molecule has 110 heavy (non-hydrogen) atoms. The lowest BCUT2D eigenvalue weighted by Crippen LogP contribution is -2.64. The van der Waals surface area contributed by atoms with E-state index in [4.69, 9.17) is 4.74 Å². The smallest absolute Gasteiger partial charge is 0.256 e. The molecule has 0 bridgehead atoms. The van der Waals surface area contributed by atoms with Crippen molar-refractivity contribution >= 4 is 97.4 Å². The molecule has 0 saturated carbocycles. The summed E-state index contributed by atoms with van der Waals surface area (Å²) in [5.74, 6) is 1.76. The maximum Gasteiger partial charge on any atom is 0.256 e. The first-order chi connectivity index (χ1) is 52.7. The summed E-state index contributed by atoms with van der Waals surface area (Å²) in [6.07, 6.45) is 0. The van der Waals surface area contributed by atoms with E-state index >= 15 is 0 Å². The number of rotatable bonds is 9. The summed E-state index contributed by atoms with van der Waals surface area (Å²) in [7, 11) is 0. The van der Waals surface area contributed by atoms with Crippen LogP contribution in [0.15, 0.2) is 303 Å². The molecule has 4 nitrogen and oxygen atoms in total. The fourth-order valence-corrected chi connectivity index (χ4v) is 17.7. The SMILES string of the molecule is CC(C)(C)c1ccc(-c2cc3c4c(c2)N(c2c(-c5ccccc5)cccc2-c2ccccc2)c2cc5c(cc2B4c2ccc(C(C)(C)C)cc2O3)B2c3ccc(C(C)(C)C)cc3N(c3c(-c4ccccc4)cccc3-c3ccccc3)c3cc(-c4ccc(C(C)(C)C)cc4)cc(c32)N5c2ccc(C(C)(C)C)cc2)cc1. The van der Waals surface area contributed by atoms with Crippen LogP contribution in [0, 0.1) is 0 Å². The van der Waals surface area contributed by atoms with E-state index < -0.39 is 0 Å². The van der Waals surface area contributed by atoms with Crippen molar-refractivity contribution in [2.45, 2.75) is 131 Å². The molecule has 0 aromatic heterocycles. The third-order valence-electron chi connectivity index (χ3n) is 23.7. The number of fused-ring (bicyclic) bond motifs is 8. The third kappa shape index (κ3) is 12.0. The fraction of sp³-hybridized carbons (Fsp3) is 0.192. The van der Waals surface area contributed by atoms with E-state index in [0.717, 1.165) is 135 Å². The predicted octanol–water partition coefficient (Wildman–Crippen LogP) is 24.7. The van der Waals surface area contributed by atoms with Gasteiger partial charge in [0.1, 0.15) is 11.5 Å². The summed E-state index contributed by atoms with van der Waals surface area (Å²) in [6.45, 7) is 34.3. The van der Waals surface area contributed by atoms with Crippen molar-refractivity contribution in [3.8, 4) is 78.3 Å². The molecule has 0 fully saturated rings. The highest BCUT2D eigenvalue weighted by Crippen LogP contribution is 2.55. The zero-order valence-corrected chi connectivity index (χ0v) is 66.3. The summed E-state index contributed by atoms with van der Waals surface area (Å²) < 4.78 is 7.72. The van der Waals surface area contributed by atoms with Gasteiger partial charge in [-0.25, -0.2) is 0 Å². The highest BCUT2D eigenvalue weighted by Gasteiger charge is 2.50. The van der Waals surface area contributed by atoms with Crippen molar-refractivity contribution in [1.29, 1.82) is 0 Å². The van der Waals surface area contributed by atoms with E-state index in [-0.39, 0.29) is 40.5 Å². The summed E-state index contributed by atoms with van der Waals surface area (Å²) in [5.41, 5.74) is 36.8. The second-order valence-electron chi connectivity index (χ2n) is 36.1. The molecule has 0 N–H and O–H groups in total. The molecule has 0 unspecified atom stereocenters. The van der Waals surface area contributed by atoms with Crippen LogP contribution in [0.25, 0.3) is 66.8 Å². The van der Waals surface area contributed by atoms with Gasteiger partial charge >= 0.3 is 0 Å². The number of nitrogens with zero attached hydrogens (tertiary/aromatic N) is 3. The van der Waals surface area contributed by atoms with Gasteiger partial charge in [-0.1, -0.05) is 353 Å². The number of hydrogen-bond donors (Lipinski definition) is 0. The van der Waals surface area contributed by atoms with E-state index in [1.54, 1.807) is 0 Å².